The predicted molar refractivity (Wildman–Crippen MR) is 63.9 cm³/mol. The summed E-state index contributed by atoms with van der Waals surface area (Å²) in [6.45, 7) is 11.1. The average Bonchev–Trinajstić information content (AvgIpc) is 2.20. The second-order valence-corrected chi connectivity index (χ2v) is 4.72. The van der Waals surface area contributed by atoms with Gasteiger partial charge in [0.05, 0.1) is 6.61 Å². The number of hydrogen-bond donors (Lipinski definition) is 1. The molecular formula is C12H26N2O. The van der Waals surface area contributed by atoms with Crippen molar-refractivity contribution in [1.82, 2.24) is 4.90 Å². The van der Waals surface area contributed by atoms with Crippen molar-refractivity contribution in [2.24, 2.45) is 11.7 Å². The Balaban J connectivity index is 2.41. The SMILES string of the molecule is CCOCCN(CC)C1(CN)CC(C)C1. The molecule has 3 nitrogen and oxygen atoms in total. The van der Waals surface area contributed by atoms with Crippen LogP contribution < -0.4 is 5.73 Å². The first-order chi connectivity index (χ1) is 7.18. The topological polar surface area (TPSA) is 38.5 Å². The summed E-state index contributed by atoms with van der Waals surface area (Å²) in [7, 11) is 0. The lowest BCUT2D eigenvalue weighted by Crippen LogP contribution is -2.61. The highest BCUT2D eigenvalue weighted by atomic mass is 16.5. The molecule has 1 saturated carbocycles. The van der Waals surface area contributed by atoms with Gasteiger partial charge < -0.3 is 10.5 Å². The molecule has 0 spiro atoms. The van der Waals surface area contributed by atoms with Gasteiger partial charge in [0.15, 0.2) is 0 Å². The lowest BCUT2D eigenvalue weighted by Gasteiger charge is -2.53. The third-order valence-corrected chi connectivity index (χ3v) is 3.60. The van der Waals surface area contributed by atoms with Crippen molar-refractivity contribution in [3.05, 3.63) is 0 Å². The number of hydrogen-bond acceptors (Lipinski definition) is 3. The molecule has 0 atom stereocenters. The normalized spacial score (nSPS) is 30.6. The molecule has 0 unspecified atom stereocenters. The van der Waals surface area contributed by atoms with Gasteiger partial charge in [-0.2, -0.15) is 0 Å². The number of nitrogens with zero attached hydrogens (tertiary/aromatic N) is 1. The highest BCUT2D eigenvalue weighted by molar-refractivity contribution is 5.01. The van der Waals surface area contributed by atoms with Gasteiger partial charge in [-0.05, 0) is 32.2 Å². The Bertz CT molecular complexity index is 178. The standard InChI is InChI=1S/C12H26N2O/c1-4-14(6-7-15-5-2)12(10-13)8-11(3)9-12/h11H,4-10,13H2,1-3H3. The zero-order valence-electron chi connectivity index (χ0n) is 10.5. The van der Waals surface area contributed by atoms with Crippen molar-refractivity contribution in [3.63, 3.8) is 0 Å². The molecule has 0 saturated heterocycles. The van der Waals surface area contributed by atoms with Gasteiger partial charge in [-0.15, -0.1) is 0 Å². The van der Waals surface area contributed by atoms with Crippen molar-refractivity contribution in [2.75, 3.05) is 32.8 Å². The van der Waals surface area contributed by atoms with Gasteiger partial charge in [-0.3, -0.25) is 4.90 Å². The Morgan fingerprint density at radius 1 is 1.40 bits per heavy atom. The Morgan fingerprint density at radius 3 is 2.47 bits per heavy atom. The minimum Gasteiger partial charge on any atom is -0.380 e. The van der Waals surface area contributed by atoms with E-state index in [-0.39, 0.29) is 5.54 Å². The molecule has 1 rings (SSSR count). The van der Waals surface area contributed by atoms with E-state index in [9.17, 15) is 0 Å². The van der Waals surface area contributed by atoms with Crippen LogP contribution >= 0.6 is 0 Å². The van der Waals surface area contributed by atoms with E-state index in [1.54, 1.807) is 0 Å². The van der Waals surface area contributed by atoms with E-state index < -0.39 is 0 Å². The minimum absolute atomic E-state index is 0.283. The maximum Gasteiger partial charge on any atom is 0.0593 e. The van der Waals surface area contributed by atoms with Crippen molar-refractivity contribution in [3.8, 4) is 0 Å². The summed E-state index contributed by atoms with van der Waals surface area (Å²) in [5, 5.41) is 0. The van der Waals surface area contributed by atoms with Crippen molar-refractivity contribution in [1.29, 1.82) is 0 Å². The van der Waals surface area contributed by atoms with E-state index in [4.69, 9.17) is 10.5 Å². The molecule has 2 N–H and O–H groups in total. The molecule has 0 amide bonds. The van der Waals surface area contributed by atoms with Crippen LogP contribution in [0.2, 0.25) is 0 Å². The van der Waals surface area contributed by atoms with Gasteiger partial charge in [0, 0.05) is 25.2 Å². The van der Waals surface area contributed by atoms with Crippen LogP contribution in [0, 0.1) is 5.92 Å². The minimum atomic E-state index is 0.283. The van der Waals surface area contributed by atoms with E-state index in [1.165, 1.54) is 12.8 Å². The number of likely N-dealkylation sites (N-methyl/N-ethyl adjacent to an activating group) is 1. The summed E-state index contributed by atoms with van der Waals surface area (Å²) in [4.78, 5) is 2.50. The molecule has 0 aromatic carbocycles. The molecule has 0 heterocycles. The lowest BCUT2D eigenvalue weighted by molar-refractivity contribution is -0.0250. The maximum absolute atomic E-state index is 5.93. The van der Waals surface area contributed by atoms with Crippen LogP contribution in [0.25, 0.3) is 0 Å². The number of ether oxygens (including phenoxy) is 1. The first kappa shape index (κ1) is 12.9. The third-order valence-electron chi connectivity index (χ3n) is 3.60. The summed E-state index contributed by atoms with van der Waals surface area (Å²) < 4.78 is 5.42. The predicted octanol–water partition coefficient (Wildman–Crippen LogP) is 1.47. The number of nitrogens with two attached hydrogens (primary N) is 1. The second kappa shape index (κ2) is 5.83. The molecule has 0 radical (unpaired) electrons. The number of rotatable bonds is 7. The highest BCUT2D eigenvalue weighted by Gasteiger charge is 2.44. The fourth-order valence-electron chi connectivity index (χ4n) is 2.84. The first-order valence-electron chi connectivity index (χ1n) is 6.21. The van der Waals surface area contributed by atoms with E-state index >= 15 is 0 Å². The van der Waals surface area contributed by atoms with Crippen LogP contribution in [-0.4, -0.2) is 43.3 Å². The van der Waals surface area contributed by atoms with Gasteiger partial charge in [0.25, 0.3) is 0 Å². The van der Waals surface area contributed by atoms with Crippen molar-refractivity contribution >= 4 is 0 Å². The van der Waals surface area contributed by atoms with Gasteiger partial charge in [-0.25, -0.2) is 0 Å². The smallest absolute Gasteiger partial charge is 0.0593 e. The maximum atomic E-state index is 5.93. The molecule has 1 fully saturated rings. The second-order valence-electron chi connectivity index (χ2n) is 4.72. The fourth-order valence-corrected chi connectivity index (χ4v) is 2.84. The van der Waals surface area contributed by atoms with Crippen LogP contribution in [0.15, 0.2) is 0 Å². The Labute approximate surface area is 94.0 Å². The summed E-state index contributed by atoms with van der Waals surface area (Å²) in [6, 6.07) is 0. The van der Waals surface area contributed by atoms with Gasteiger partial charge in [0.1, 0.15) is 0 Å². The van der Waals surface area contributed by atoms with E-state index in [0.717, 1.165) is 38.8 Å². The Hall–Kier alpha value is -0.120. The summed E-state index contributed by atoms with van der Waals surface area (Å²) in [6.07, 6.45) is 2.51. The molecular weight excluding hydrogens is 188 g/mol. The van der Waals surface area contributed by atoms with Crippen LogP contribution in [0.5, 0.6) is 0 Å². The van der Waals surface area contributed by atoms with Crippen LogP contribution in [0.1, 0.15) is 33.6 Å². The quantitative estimate of drug-likeness (QED) is 0.652. The monoisotopic (exact) mass is 214 g/mol. The molecule has 90 valence electrons. The van der Waals surface area contributed by atoms with Gasteiger partial charge >= 0.3 is 0 Å². The molecule has 15 heavy (non-hydrogen) atoms. The van der Waals surface area contributed by atoms with Crippen LogP contribution in [0.4, 0.5) is 0 Å². The molecule has 0 aromatic rings. The zero-order valence-corrected chi connectivity index (χ0v) is 10.5. The first-order valence-corrected chi connectivity index (χ1v) is 6.21. The van der Waals surface area contributed by atoms with Gasteiger partial charge in [-0.1, -0.05) is 13.8 Å². The molecule has 3 heteroatoms. The molecule has 1 aliphatic rings. The lowest BCUT2D eigenvalue weighted by atomic mass is 9.68. The third kappa shape index (κ3) is 2.92. The molecule has 0 aromatic heterocycles. The largest absolute Gasteiger partial charge is 0.380 e. The molecule has 0 aliphatic heterocycles. The fraction of sp³-hybridized carbons (Fsp3) is 1.00. The van der Waals surface area contributed by atoms with E-state index in [2.05, 4.69) is 18.7 Å². The Kier molecular flexibility index (Phi) is 5.03. The van der Waals surface area contributed by atoms with Crippen LogP contribution in [0.3, 0.4) is 0 Å². The van der Waals surface area contributed by atoms with E-state index in [1.807, 2.05) is 6.92 Å². The van der Waals surface area contributed by atoms with Crippen molar-refractivity contribution < 1.29 is 4.74 Å². The highest BCUT2D eigenvalue weighted by Crippen LogP contribution is 2.41. The van der Waals surface area contributed by atoms with Crippen molar-refractivity contribution in [2.45, 2.75) is 39.2 Å². The summed E-state index contributed by atoms with van der Waals surface area (Å²) in [5.74, 6) is 0.842. The van der Waals surface area contributed by atoms with Crippen LogP contribution in [-0.2, 0) is 4.74 Å². The summed E-state index contributed by atoms with van der Waals surface area (Å²) >= 11 is 0. The summed E-state index contributed by atoms with van der Waals surface area (Å²) in [5.41, 5.74) is 6.21. The van der Waals surface area contributed by atoms with Gasteiger partial charge in [0.2, 0.25) is 0 Å². The molecule has 0 bridgehead atoms. The zero-order chi connectivity index (χ0) is 11.3. The Morgan fingerprint density at radius 2 is 2.07 bits per heavy atom. The van der Waals surface area contributed by atoms with E-state index in [0.29, 0.717) is 0 Å². The molecule has 1 aliphatic carbocycles. The average molecular weight is 214 g/mol.